The Balaban J connectivity index is 2.08. The monoisotopic (exact) mass is 233 g/mol. The van der Waals surface area contributed by atoms with Crippen LogP contribution in [0.2, 0.25) is 0 Å². The van der Waals surface area contributed by atoms with Crippen LogP contribution in [0.1, 0.15) is 37.8 Å². The van der Waals surface area contributed by atoms with Crippen molar-refractivity contribution in [3.63, 3.8) is 0 Å². The number of anilines is 1. The molecule has 1 aliphatic carbocycles. The van der Waals surface area contributed by atoms with E-state index in [-0.39, 0.29) is 5.91 Å². The van der Waals surface area contributed by atoms with Gasteiger partial charge in [0.05, 0.1) is 16.9 Å². The predicted molar refractivity (Wildman–Crippen MR) is 67.6 cm³/mol. The standard InChI is InChI=1S/C13H19N3O/c1-10-11(6-5-9-15-10)16-12(17)13(14)7-3-2-4-8-13/h5-6,9H,2-4,7-8,14H2,1H3,(H,16,17). The summed E-state index contributed by atoms with van der Waals surface area (Å²) in [5.41, 5.74) is 7.05. The highest BCUT2D eigenvalue weighted by Crippen LogP contribution is 2.27. The second-order valence-electron chi connectivity index (χ2n) is 4.81. The summed E-state index contributed by atoms with van der Waals surface area (Å²) < 4.78 is 0. The number of amides is 1. The van der Waals surface area contributed by atoms with Crippen molar-refractivity contribution >= 4 is 11.6 Å². The van der Waals surface area contributed by atoms with E-state index in [2.05, 4.69) is 10.3 Å². The molecule has 1 aliphatic rings. The molecule has 1 saturated carbocycles. The van der Waals surface area contributed by atoms with E-state index >= 15 is 0 Å². The Morgan fingerprint density at radius 1 is 1.41 bits per heavy atom. The van der Waals surface area contributed by atoms with Gasteiger partial charge in [-0.1, -0.05) is 19.3 Å². The number of rotatable bonds is 2. The third kappa shape index (κ3) is 2.64. The van der Waals surface area contributed by atoms with Crippen LogP contribution in [-0.2, 0) is 4.79 Å². The van der Waals surface area contributed by atoms with Crippen molar-refractivity contribution in [3.05, 3.63) is 24.0 Å². The summed E-state index contributed by atoms with van der Waals surface area (Å²) in [5.74, 6) is -0.0756. The number of aromatic nitrogens is 1. The first-order valence-electron chi connectivity index (χ1n) is 6.14. The Kier molecular flexibility index (Phi) is 3.43. The molecule has 0 radical (unpaired) electrons. The number of nitrogens with one attached hydrogen (secondary N) is 1. The van der Waals surface area contributed by atoms with Crippen molar-refractivity contribution < 1.29 is 4.79 Å². The number of nitrogens with two attached hydrogens (primary N) is 1. The molecule has 1 fully saturated rings. The molecule has 92 valence electrons. The van der Waals surface area contributed by atoms with Gasteiger partial charge in [-0.15, -0.1) is 0 Å². The van der Waals surface area contributed by atoms with Crippen LogP contribution in [0.15, 0.2) is 18.3 Å². The lowest BCUT2D eigenvalue weighted by Gasteiger charge is -2.31. The van der Waals surface area contributed by atoms with Crippen molar-refractivity contribution in [2.24, 2.45) is 5.73 Å². The fourth-order valence-corrected chi connectivity index (χ4v) is 2.27. The number of carbonyl (C=O) groups is 1. The molecule has 1 heterocycles. The lowest BCUT2D eigenvalue weighted by molar-refractivity contribution is -0.122. The minimum Gasteiger partial charge on any atom is -0.323 e. The number of carbonyl (C=O) groups excluding carboxylic acids is 1. The highest BCUT2D eigenvalue weighted by Gasteiger charge is 2.35. The molecule has 4 heteroatoms. The predicted octanol–water partition coefficient (Wildman–Crippen LogP) is 1.99. The Bertz CT molecular complexity index is 411. The normalized spacial score (nSPS) is 18.7. The maximum Gasteiger partial charge on any atom is 0.244 e. The first-order valence-corrected chi connectivity index (χ1v) is 6.14. The average molecular weight is 233 g/mol. The van der Waals surface area contributed by atoms with Crippen molar-refractivity contribution in [3.8, 4) is 0 Å². The molecule has 0 bridgehead atoms. The number of nitrogens with zero attached hydrogens (tertiary/aromatic N) is 1. The van der Waals surface area contributed by atoms with Crippen LogP contribution in [0.4, 0.5) is 5.69 Å². The zero-order valence-corrected chi connectivity index (χ0v) is 10.2. The highest BCUT2D eigenvalue weighted by molar-refractivity contribution is 5.98. The van der Waals surface area contributed by atoms with Gasteiger partial charge in [-0.2, -0.15) is 0 Å². The molecule has 1 aromatic heterocycles. The smallest absolute Gasteiger partial charge is 0.244 e. The van der Waals surface area contributed by atoms with Gasteiger partial charge in [0.25, 0.3) is 0 Å². The van der Waals surface area contributed by atoms with Crippen molar-refractivity contribution in [2.45, 2.75) is 44.6 Å². The summed E-state index contributed by atoms with van der Waals surface area (Å²) in [4.78, 5) is 16.3. The SMILES string of the molecule is Cc1ncccc1NC(=O)C1(N)CCCCC1. The van der Waals surface area contributed by atoms with Crippen molar-refractivity contribution in [1.29, 1.82) is 0 Å². The largest absolute Gasteiger partial charge is 0.323 e. The molecular weight excluding hydrogens is 214 g/mol. The van der Waals surface area contributed by atoms with E-state index in [4.69, 9.17) is 5.73 Å². The summed E-state index contributed by atoms with van der Waals surface area (Å²) in [5, 5.41) is 2.89. The molecule has 0 aromatic carbocycles. The van der Waals surface area contributed by atoms with E-state index in [0.29, 0.717) is 0 Å². The molecule has 1 amide bonds. The van der Waals surface area contributed by atoms with Crippen molar-refractivity contribution in [2.75, 3.05) is 5.32 Å². The van der Waals surface area contributed by atoms with Gasteiger partial charge in [0, 0.05) is 6.20 Å². The van der Waals surface area contributed by atoms with Gasteiger partial charge < -0.3 is 11.1 Å². The van der Waals surface area contributed by atoms with E-state index in [9.17, 15) is 4.79 Å². The van der Waals surface area contributed by atoms with E-state index in [1.54, 1.807) is 6.20 Å². The summed E-state index contributed by atoms with van der Waals surface area (Å²) >= 11 is 0. The van der Waals surface area contributed by atoms with Gasteiger partial charge in [0.15, 0.2) is 0 Å². The van der Waals surface area contributed by atoms with Gasteiger partial charge in [-0.3, -0.25) is 9.78 Å². The molecule has 1 aromatic rings. The van der Waals surface area contributed by atoms with E-state index in [1.165, 1.54) is 6.42 Å². The summed E-state index contributed by atoms with van der Waals surface area (Å²) in [6.07, 6.45) is 6.52. The third-order valence-corrected chi connectivity index (χ3v) is 3.45. The summed E-state index contributed by atoms with van der Waals surface area (Å²) in [6, 6.07) is 3.67. The zero-order chi connectivity index (χ0) is 12.3. The molecule has 17 heavy (non-hydrogen) atoms. The second kappa shape index (κ2) is 4.84. The molecule has 0 saturated heterocycles. The Labute approximate surface area is 102 Å². The number of aryl methyl sites for hydroxylation is 1. The lowest BCUT2D eigenvalue weighted by Crippen LogP contribution is -2.52. The Hall–Kier alpha value is -1.42. The van der Waals surface area contributed by atoms with Crippen LogP contribution in [0.3, 0.4) is 0 Å². The Morgan fingerprint density at radius 3 is 2.76 bits per heavy atom. The second-order valence-corrected chi connectivity index (χ2v) is 4.81. The average Bonchev–Trinajstić information content (AvgIpc) is 2.33. The number of hydrogen-bond donors (Lipinski definition) is 2. The van der Waals surface area contributed by atoms with Gasteiger partial charge in [0.1, 0.15) is 0 Å². The molecule has 3 N–H and O–H groups in total. The fraction of sp³-hybridized carbons (Fsp3) is 0.538. The minimum absolute atomic E-state index is 0.0756. The third-order valence-electron chi connectivity index (χ3n) is 3.45. The lowest BCUT2D eigenvalue weighted by atomic mass is 9.82. The van der Waals surface area contributed by atoms with Crippen molar-refractivity contribution in [1.82, 2.24) is 4.98 Å². The molecule has 0 unspecified atom stereocenters. The first kappa shape index (κ1) is 12.0. The topological polar surface area (TPSA) is 68.0 Å². The number of pyridine rings is 1. The van der Waals surface area contributed by atoms with Crippen LogP contribution in [0.25, 0.3) is 0 Å². The zero-order valence-electron chi connectivity index (χ0n) is 10.2. The van der Waals surface area contributed by atoms with Crippen LogP contribution in [-0.4, -0.2) is 16.4 Å². The van der Waals surface area contributed by atoms with E-state index < -0.39 is 5.54 Å². The van der Waals surface area contributed by atoms with Gasteiger partial charge in [-0.25, -0.2) is 0 Å². The van der Waals surface area contributed by atoms with Crippen LogP contribution >= 0.6 is 0 Å². The number of hydrogen-bond acceptors (Lipinski definition) is 3. The maximum atomic E-state index is 12.2. The Morgan fingerprint density at radius 2 is 2.12 bits per heavy atom. The molecule has 4 nitrogen and oxygen atoms in total. The summed E-state index contributed by atoms with van der Waals surface area (Å²) in [7, 11) is 0. The molecule has 0 atom stereocenters. The first-order chi connectivity index (χ1) is 8.12. The van der Waals surface area contributed by atoms with Gasteiger partial charge in [-0.05, 0) is 31.9 Å². The quantitative estimate of drug-likeness (QED) is 0.820. The highest BCUT2D eigenvalue weighted by atomic mass is 16.2. The minimum atomic E-state index is -0.694. The fourth-order valence-electron chi connectivity index (χ4n) is 2.27. The van der Waals surface area contributed by atoms with Crippen LogP contribution in [0, 0.1) is 6.92 Å². The molecule has 0 spiro atoms. The van der Waals surface area contributed by atoms with E-state index in [1.807, 2.05) is 19.1 Å². The summed E-state index contributed by atoms with van der Waals surface area (Å²) in [6.45, 7) is 1.87. The van der Waals surface area contributed by atoms with Gasteiger partial charge >= 0.3 is 0 Å². The van der Waals surface area contributed by atoms with Gasteiger partial charge in [0.2, 0.25) is 5.91 Å². The maximum absolute atomic E-state index is 12.2. The van der Waals surface area contributed by atoms with Crippen LogP contribution in [0.5, 0.6) is 0 Å². The van der Waals surface area contributed by atoms with Crippen LogP contribution < -0.4 is 11.1 Å². The molecular formula is C13H19N3O. The molecule has 0 aliphatic heterocycles. The van der Waals surface area contributed by atoms with E-state index in [0.717, 1.165) is 37.1 Å². The molecule has 2 rings (SSSR count).